The maximum atomic E-state index is 12.2. The first kappa shape index (κ1) is 15.8. The van der Waals surface area contributed by atoms with E-state index in [2.05, 4.69) is 10.6 Å². The predicted octanol–water partition coefficient (Wildman–Crippen LogP) is 2.01. The van der Waals surface area contributed by atoms with E-state index >= 15 is 0 Å². The zero-order valence-electron chi connectivity index (χ0n) is 12.0. The molecule has 0 unspecified atom stereocenters. The Hall–Kier alpha value is -2.57. The van der Waals surface area contributed by atoms with Gasteiger partial charge < -0.3 is 21.5 Å². The van der Waals surface area contributed by atoms with Crippen LogP contribution in [0.3, 0.4) is 0 Å². The van der Waals surface area contributed by atoms with Gasteiger partial charge in [0.25, 0.3) is 0 Å². The van der Waals surface area contributed by atoms with Crippen LogP contribution in [0.2, 0.25) is 0 Å². The van der Waals surface area contributed by atoms with E-state index in [1.54, 1.807) is 24.3 Å². The number of hydrogen-bond acceptors (Lipinski definition) is 3. The molecule has 2 rings (SSSR count). The quantitative estimate of drug-likeness (QED) is 0.679. The molecule has 1 aliphatic carbocycles. The first-order chi connectivity index (χ1) is 10.5. The van der Waals surface area contributed by atoms with Gasteiger partial charge in [-0.25, -0.2) is 4.79 Å². The summed E-state index contributed by atoms with van der Waals surface area (Å²) in [6.45, 7) is 0. The van der Waals surface area contributed by atoms with Crippen molar-refractivity contribution in [1.29, 1.82) is 0 Å². The molecule has 0 heterocycles. The molecule has 118 valence electrons. The largest absolute Gasteiger partial charge is 0.481 e. The molecule has 1 fully saturated rings. The summed E-state index contributed by atoms with van der Waals surface area (Å²) in [5, 5.41) is 14.2. The maximum Gasteiger partial charge on any atom is 0.316 e. The van der Waals surface area contributed by atoms with Crippen molar-refractivity contribution >= 4 is 29.3 Å². The number of urea groups is 1. The number of hydrogen-bond donors (Lipinski definition) is 4. The van der Waals surface area contributed by atoms with E-state index in [0.717, 1.165) is 0 Å². The Labute approximate surface area is 127 Å². The second-order valence-corrected chi connectivity index (χ2v) is 5.44. The zero-order chi connectivity index (χ0) is 16.1. The Morgan fingerprint density at radius 2 is 1.36 bits per heavy atom. The van der Waals surface area contributed by atoms with Crippen molar-refractivity contribution in [3.8, 4) is 0 Å². The highest BCUT2D eigenvalue weighted by molar-refractivity contribution is 5.93. The second kappa shape index (κ2) is 6.93. The molecule has 0 saturated heterocycles. The fraction of sp³-hybridized carbons (Fsp3) is 0.400. The minimum atomic E-state index is -0.781. The molecule has 7 nitrogen and oxygen atoms in total. The summed E-state index contributed by atoms with van der Waals surface area (Å²) in [6, 6.07) is 5.98. The number of carboxylic acids is 1. The molecule has 1 aromatic rings. The Kier molecular flexibility index (Phi) is 4.98. The predicted molar refractivity (Wildman–Crippen MR) is 81.4 cm³/mol. The lowest BCUT2D eigenvalue weighted by atomic mass is 9.81. The molecule has 0 atom stereocenters. The summed E-state index contributed by atoms with van der Waals surface area (Å²) >= 11 is 0. The van der Waals surface area contributed by atoms with E-state index in [4.69, 9.17) is 10.8 Å². The third-order valence-corrected chi connectivity index (χ3v) is 3.87. The van der Waals surface area contributed by atoms with Crippen LogP contribution in [0.1, 0.15) is 25.7 Å². The number of aliphatic carboxylic acids is 1. The summed E-state index contributed by atoms with van der Waals surface area (Å²) < 4.78 is 0. The van der Waals surface area contributed by atoms with Crippen LogP contribution in [-0.2, 0) is 9.59 Å². The van der Waals surface area contributed by atoms with E-state index in [9.17, 15) is 14.4 Å². The first-order valence-corrected chi connectivity index (χ1v) is 7.16. The van der Waals surface area contributed by atoms with Gasteiger partial charge in [-0.2, -0.15) is 0 Å². The lowest BCUT2D eigenvalue weighted by Crippen LogP contribution is -2.29. The van der Waals surface area contributed by atoms with E-state index in [1.165, 1.54) is 0 Å². The molecule has 5 N–H and O–H groups in total. The van der Waals surface area contributed by atoms with E-state index in [-0.39, 0.29) is 17.7 Å². The Balaban J connectivity index is 1.87. The minimum Gasteiger partial charge on any atom is -0.481 e. The van der Waals surface area contributed by atoms with E-state index in [1.807, 2.05) is 0 Å². The van der Waals surface area contributed by atoms with Crippen LogP contribution in [0.5, 0.6) is 0 Å². The van der Waals surface area contributed by atoms with Crippen LogP contribution in [0.25, 0.3) is 0 Å². The molecule has 0 radical (unpaired) electrons. The molecule has 3 amide bonds. The van der Waals surface area contributed by atoms with Crippen LogP contribution < -0.4 is 16.4 Å². The van der Waals surface area contributed by atoms with Gasteiger partial charge in [0.2, 0.25) is 5.91 Å². The first-order valence-electron chi connectivity index (χ1n) is 7.16. The highest BCUT2D eigenvalue weighted by Gasteiger charge is 2.29. The summed E-state index contributed by atoms with van der Waals surface area (Å²) in [5.41, 5.74) is 6.19. The molecule has 1 aliphatic rings. The molecule has 0 spiro atoms. The van der Waals surface area contributed by atoms with Gasteiger partial charge in [-0.3, -0.25) is 9.59 Å². The lowest BCUT2D eigenvalue weighted by molar-refractivity contribution is -0.143. The van der Waals surface area contributed by atoms with Gasteiger partial charge in [0, 0.05) is 17.3 Å². The van der Waals surface area contributed by atoms with Gasteiger partial charge in [0.1, 0.15) is 0 Å². The lowest BCUT2D eigenvalue weighted by Gasteiger charge is -2.25. The highest BCUT2D eigenvalue weighted by Crippen LogP contribution is 2.29. The number of carbonyl (C=O) groups is 3. The number of carbonyl (C=O) groups excluding carboxylic acids is 2. The van der Waals surface area contributed by atoms with Crippen molar-refractivity contribution in [2.45, 2.75) is 25.7 Å². The molecule has 22 heavy (non-hydrogen) atoms. The Bertz CT molecular complexity index is 563. The number of anilines is 2. The van der Waals surface area contributed by atoms with Crippen molar-refractivity contribution in [2.24, 2.45) is 17.6 Å². The average molecular weight is 305 g/mol. The Morgan fingerprint density at radius 1 is 0.909 bits per heavy atom. The standard InChI is InChI=1S/C15H19N3O4/c16-15(22)18-12-7-5-11(6-8-12)17-13(19)9-1-3-10(4-2-9)14(20)21/h5-10H,1-4H2,(H,17,19)(H,20,21)(H3,16,18,22). The van der Waals surface area contributed by atoms with Gasteiger partial charge in [0.15, 0.2) is 0 Å². The molecule has 1 saturated carbocycles. The summed E-state index contributed by atoms with van der Waals surface area (Å²) in [6.07, 6.45) is 2.25. The molecule has 0 aliphatic heterocycles. The molecular weight excluding hydrogens is 286 g/mol. The van der Waals surface area contributed by atoms with Crippen LogP contribution in [0.4, 0.5) is 16.2 Å². The van der Waals surface area contributed by atoms with Crippen molar-refractivity contribution in [1.82, 2.24) is 0 Å². The number of primary amides is 1. The number of amides is 3. The van der Waals surface area contributed by atoms with Crippen molar-refractivity contribution in [2.75, 3.05) is 10.6 Å². The summed E-state index contributed by atoms with van der Waals surface area (Å²) in [5.74, 6) is -1.36. The van der Waals surface area contributed by atoms with Crippen molar-refractivity contribution in [3.05, 3.63) is 24.3 Å². The average Bonchev–Trinajstić information content (AvgIpc) is 2.49. The van der Waals surface area contributed by atoms with Gasteiger partial charge in [0.05, 0.1) is 5.92 Å². The molecule has 0 bridgehead atoms. The van der Waals surface area contributed by atoms with Gasteiger partial charge in [-0.05, 0) is 49.9 Å². The zero-order valence-corrected chi connectivity index (χ0v) is 12.0. The monoisotopic (exact) mass is 305 g/mol. The number of nitrogens with one attached hydrogen (secondary N) is 2. The smallest absolute Gasteiger partial charge is 0.316 e. The third kappa shape index (κ3) is 4.21. The van der Waals surface area contributed by atoms with Crippen molar-refractivity contribution < 1.29 is 19.5 Å². The SMILES string of the molecule is NC(=O)Nc1ccc(NC(=O)C2CCC(C(=O)O)CC2)cc1. The number of rotatable bonds is 4. The van der Waals surface area contributed by atoms with Crippen LogP contribution in [0, 0.1) is 11.8 Å². The summed E-state index contributed by atoms with van der Waals surface area (Å²) in [7, 11) is 0. The van der Waals surface area contributed by atoms with Crippen molar-refractivity contribution in [3.63, 3.8) is 0 Å². The van der Waals surface area contributed by atoms with E-state index < -0.39 is 12.0 Å². The van der Waals surface area contributed by atoms with E-state index in [0.29, 0.717) is 37.1 Å². The van der Waals surface area contributed by atoms with Crippen LogP contribution >= 0.6 is 0 Å². The minimum absolute atomic E-state index is 0.0977. The fourth-order valence-corrected chi connectivity index (χ4v) is 2.63. The van der Waals surface area contributed by atoms with Gasteiger partial charge in [-0.15, -0.1) is 0 Å². The second-order valence-electron chi connectivity index (χ2n) is 5.44. The normalized spacial score (nSPS) is 20.9. The number of benzene rings is 1. The molecule has 0 aromatic heterocycles. The molecular formula is C15H19N3O4. The topological polar surface area (TPSA) is 122 Å². The number of carboxylic acid groups (broad SMARTS) is 1. The van der Waals surface area contributed by atoms with Gasteiger partial charge >= 0.3 is 12.0 Å². The summed E-state index contributed by atoms with van der Waals surface area (Å²) in [4.78, 5) is 33.8. The third-order valence-electron chi connectivity index (χ3n) is 3.87. The Morgan fingerprint density at radius 3 is 1.82 bits per heavy atom. The maximum absolute atomic E-state index is 12.2. The fourth-order valence-electron chi connectivity index (χ4n) is 2.63. The van der Waals surface area contributed by atoms with Crippen LogP contribution in [0.15, 0.2) is 24.3 Å². The molecule has 1 aromatic carbocycles. The molecule has 7 heteroatoms. The van der Waals surface area contributed by atoms with Gasteiger partial charge in [-0.1, -0.05) is 0 Å². The highest BCUT2D eigenvalue weighted by atomic mass is 16.4. The van der Waals surface area contributed by atoms with Crippen LogP contribution in [-0.4, -0.2) is 23.0 Å². The number of nitrogens with two attached hydrogens (primary N) is 1.